The number of hydrogen-bond acceptors (Lipinski definition) is 5. The summed E-state index contributed by atoms with van der Waals surface area (Å²) in [5.41, 5.74) is -0.597. The second-order valence-electron chi connectivity index (χ2n) is 4.58. The van der Waals surface area contributed by atoms with E-state index in [-0.39, 0.29) is 15.8 Å². The lowest BCUT2D eigenvalue weighted by Crippen LogP contribution is -2.39. The largest absolute Gasteiger partial charge is 0.378 e. The first-order valence-corrected chi connectivity index (χ1v) is 6.77. The highest BCUT2D eigenvalue weighted by Gasteiger charge is 2.35. The number of nitro benzene ring substituents is 1. The van der Waals surface area contributed by atoms with Crippen LogP contribution >= 0.6 is 15.9 Å². The number of benzene rings is 1. The molecule has 0 saturated carbocycles. The number of methoxy groups -OCH3 is 1. The van der Waals surface area contributed by atoms with E-state index >= 15 is 0 Å². The van der Waals surface area contributed by atoms with Crippen molar-refractivity contribution in [3.63, 3.8) is 0 Å². The Labute approximate surface area is 123 Å². The van der Waals surface area contributed by atoms with Crippen molar-refractivity contribution < 1.29 is 18.8 Å². The van der Waals surface area contributed by atoms with Crippen molar-refractivity contribution in [1.29, 1.82) is 0 Å². The molecule has 0 bridgehead atoms. The van der Waals surface area contributed by atoms with Crippen molar-refractivity contribution in [3.05, 3.63) is 32.5 Å². The summed E-state index contributed by atoms with van der Waals surface area (Å²) < 4.78 is 24.3. The topological polar surface area (TPSA) is 73.6 Å². The van der Waals surface area contributed by atoms with E-state index in [2.05, 4.69) is 21.2 Å². The average molecular weight is 349 g/mol. The SMILES string of the molecule is COC1(CNc2cc(F)c(Br)cc2[N+](=O)[O-])CCOC1. The molecular weight excluding hydrogens is 335 g/mol. The summed E-state index contributed by atoms with van der Waals surface area (Å²) in [6.45, 7) is 1.29. The lowest BCUT2D eigenvalue weighted by molar-refractivity contribution is -0.384. The molecule has 8 heteroatoms. The van der Waals surface area contributed by atoms with Crippen LogP contribution in [0.2, 0.25) is 0 Å². The third kappa shape index (κ3) is 3.08. The molecule has 2 rings (SSSR count). The van der Waals surface area contributed by atoms with Gasteiger partial charge in [0.05, 0.1) is 16.0 Å². The highest BCUT2D eigenvalue weighted by Crippen LogP contribution is 2.32. The van der Waals surface area contributed by atoms with Gasteiger partial charge in [-0.15, -0.1) is 0 Å². The molecule has 1 fully saturated rings. The summed E-state index contributed by atoms with van der Waals surface area (Å²) in [6.07, 6.45) is 0.684. The fourth-order valence-electron chi connectivity index (χ4n) is 2.05. The van der Waals surface area contributed by atoms with Crippen molar-refractivity contribution in [2.24, 2.45) is 0 Å². The van der Waals surface area contributed by atoms with Crippen LogP contribution in [0.25, 0.3) is 0 Å². The summed E-state index contributed by atoms with van der Waals surface area (Å²) >= 11 is 2.94. The van der Waals surface area contributed by atoms with Crippen LogP contribution in [0, 0.1) is 15.9 Å². The van der Waals surface area contributed by atoms with Crippen molar-refractivity contribution in [2.75, 3.05) is 32.2 Å². The first-order chi connectivity index (χ1) is 9.47. The van der Waals surface area contributed by atoms with E-state index in [0.717, 1.165) is 12.1 Å². The van der Waals surface area contributed by atoms with E-state index in [4.69, 9.17) is 9.47 Å². The fourth-order valence-corrected chi connectivity index (χ4v) is 2.38. The number of nitrogens with one attached hydrogen (secondary N) is 1. The molecule has 0 radical (unpaired) electrons. The fraction of sp³-hybridized carbons (Fsp3) is 0.500. The predicted octanol–water partition coefficient (Wildman–Crippen LogP) is 2.71. The molecule has 1 aromatic carbocycles. The van der Waals surface area contributed by atoms with E-state index in [9.17, 15) is 14.5 Å². The zero-order chi connectivity index (χ0) is 14.8. The van der Waals surface area contributed by atoms with Crippen LogP contribution in [0.4, 0.5) is 15.8 Å². The highest BCUT2D eigenvalue weighted by atomic mass is 79.9. The third-order valence-corrected chi connectivity index (χ3v) is 3.94. The maximum Gasteiger partial charge on any atom is 0.293 e. The standard InChI is InChI=1S/C12H14BrFN2O4/c1-19-12(2-3-20-7-12)6-15-10-5-9(14)8(13)4-11(10)16(17)18/h4-5,15H,2-3,6-7H2,1H3. The molecule has 0 amide bonds. The van der Waals surface area contributed by atoms with E-state index in [0.29, 0.717) is 26.2 Å². The third-order valence-electron chi connectivity index (χ3n) is 3.34. The maximum atomic E-state index is 13.5. The summed E-state index contributed by atoms with van der Waals surface area (Å²) in [5, 5.41) is 13.9. The van der Waals surface area contributed by atoms with E-state index in [1.807, 2.05) is 0 Å². The second kappa shape index (κ2) is 6.02. The predicted molar refractivity (Wildman–Crippen MR) is 74.4 cm³/mol. The molecule has 20 heavy (non-hydrogen) atoms. The Morgan fingerprint density at radius 3 is 2.95 bits per heavy atom. The molecule has 1 saturated heterocycles. The first-order valence-electron chi connectivity index (χ1n) is 5.98. The molecule has 1 N–H and O–H groups in total. The quantitative estimate of drug-likeness (QED) is 0.654. The lowest BCUT2D eigenvalue weighted by Gasteiger charge is -2.26. The van der Waals surface area contributed by atoms with Crippen LogP contribution in [0.1, 0.15) is 6.42 Å². The smallest absolute Gasteiger partial charge is 0.293 e. The van der Waals surface area contributed by atoms with Gasteiger partial charge in [-0.2, -0.15) is 0 Å². The number of ether oxygens (including phenoxy) is 2. The molecule has 0 aliphatic carbocycles. The van der Waals surface area contributed by atoms with Gasteiger partial charge in [0.25, 0.3) is 5.69 Å². The van der Waals surface area contributed by atoms with E-state index in [1.165, 1.54) is 0 Å². The van der Waals surface area contributed by atoms with Crippen molar-refractivity contribution in [3.8, 4) is 0 Å². The molecule has 1 atom stereocenters. The molecule has 0 aromatic heterocycles. The number of halogens is 2. The number of anilines is 1. The van der Waals surface area contributed by atoms with Gasteiger partial charge in [-0.3, -0.25) is 10.1 Å². The molecular formula is C12H14BrFN2O4. The van der Waals surface area contributed by atoms with Gasteiger partial charge in [-0.05, 0) is 15.9 Å². The average Bonchev–Trinajstić information content (AvgIpc) is 2.89. The molecule has 1 heterocycles. The van der Waals surface area contributed by atoms with Gasteiger partial charge >= 0.3 is 0 Å². The monoisotopic (exact) mass is 348 g/mol. The molecule has 1 aliphatic heterocycles. The van der Waals surface area contributed by atoms with Crippen molar-refractivity contribution in [2.45, 2.75) is 12.0 Å². The van der Waals surface area contributed by atoms with Gasteiger partial charge in [0.1, 0.15) is 17.1 Å². The van der Waals surface area contributed by atoms with Gasteiger partial charge in [0.15, 0.2) is 0 Å². The van der Waals surface area contributed by atoms with Crippen LogP contribution < -0.4 is 5.32 Å². The van der Waals surface area contributed by atoms with Crippen LogP contribution in [0.3, 0.4) is 0 Å². The van der Waals surface area contributed by atoms with Gasteiger partial charge < -0.3 is 14.8 Å². The molecule has 1 aromatic rings. The Kier molecular flexibility index (Phi) is 4.56. The number of rotatable bonds is 5. The molecule has 0 spiro atoms. The summed E-state index contributed by atoms with van der Waals surface area (Å²) in [6, 6.07) is 2.24. The van der Waals surface area contributed by atoms with Gasteiger partial charge in [0.2, 0.25) is 0 Å². The molecule has 110 valence electrons. The summed E-state index contributed by atoms with van der Waals surface area (Å²) in [4.78, 5) is 10.4. The Hall–Kier alpha value is -1.25. The maximum absolute atomic E-state index is 13.5. The lowest BCUT2D eigenvalue weighted by atomic mass is 10.0. The summed E-state index contributed by atoms with van der Waals surface area (Å²) in [5.74, 6) is -0.563. The highest BCUT2D eigenvalue weighted by molar-refractivity contribution is 9.10. The van der Waals surface area contributed by atoms with Crippen LogP contribution in [-0.2, 0) is 9.47 Å². The van der Waals surface area contributed by atoms with Gasteiger partial charge in [-0.1, -0.05) is 0 Å². The number of nitrogens with zero attached hydrogens (tertiary/aromatic N) is 1. The Morgan fingerprint density at radius 2 is 2.40 bits per heavy atom. The first kappa shape index (κ1) is 15.1. The minimum atomic E-state index is -0.563. The number of nitro groups is 1. The van der Waals surface area contributed by atoms with Crippen LogP contribution in [0.15, 0.2) is 16.6 Å². The van der Waals surface area contributed by atoms with E-state index in [1.54, 1.807) is 7.11 Å². The van der Waals surface area contributed by atoms with Crippen molar-refractivity contribution in [1.82, 2.24) is 0 Å². The van der Waals surface area contributed by atoms with Gasteiger partial charge in [0, 0.05) is 38.8 Å². The Balaban J connectivity index is 2.20. The minimum Gasteiger partial charge on any atom is -0.378 e. The second-order valence-corrected chi connectivity index (χ2v) is 5.44. The zero-order valence-corrected chi connectivity index (χ0v) is 12.4. The number of hydrogen-bond donors (Lipinski definition) is 1. The zero-order valence-electron chi connectivity index (χ0n) is 10.8. The minimum absolute atomic E-state index is 0.0559. The molecule has 6 nitrogen and oxygen atoms in total. The van der Waals surface area contributed by atoms with Crippen molar-refractivity contribution >= 4 is 27.3 Å². The molecule has 1 aliphatic rings. The normalized spacial score (nSPS) is 21.9. The Bertz CT molecular complexity index is 520. The van der Waals surface area contributed by atoms with Gasteiger partial charge in [-0.25, -0.2) is 4.39 Å². The summed E-state index contributed by atoms with van der Waals surface area (Å²) in [7, 11) is 1.56. The molecule has 1 unspecified atom stereocenters. The van der Waals surface area contributed by atoms with Crippen LogP contribution in [0.5, 0.6) is 0 Å². The Morgan fingerprint density at radius 1 is 1.65 bits per heavy atom. The van der Waals surface area contributed by atoms with Crippen LogP contribution in [-0.4, -0.2) is 37.4 Å². The van der Waals surface area contributed by atoms with E-state index < -0.39 is 16.3 Å².